The summed E-state index contributed by atoms with van der Waals surface area (Å²) in [5, 5.41) is 0.668. The lowest BCUT2D eigenvalue weighted by molar-refractivity contribution is -0.138. The van der Waals surface area contributed by atoms with Crippen LogP contribution in [0.4, 0.5) is 4.39 Å². The molecule has 0 amide bonds. The Morgan fingerprint density at radius 1 is 0.929 bits per heavy atom. The Morgan fingerprint density at radius 2 is 1.64 bits per heavy atom. The van der Waals surface area contributed by atoms with E-state index in [-0.39, 0.29) is 12.4 Å². The maximum atomic E-state index is 12.8. The molecule has 0 saturated carbocycles. The molecule has 0 aromatic heterocycles. The summed E-state index contributed by atoms with van der Waals surface area (Å²) in [6.45, 7) is 0.475. The van der Waals surface area contributed by atoms with Crippen molar-refractivity contribution < 1.29 is 18.7 Å². The Kier molecular flexibility index (Phi) is 6.82. The second kappa shape index (κ2) is 9.72. The van der Waals surface area contributed by atoms with E-state index in [0.29, 0.717) is 17.4 Å². The van der Waals surface area contributed by atoms with Gasteiger partial charge in [-0.15, -0.1) is 0 Å². The van der Waals surface area contributed by atoms with Crippen LogP contribution in [0.1, 0.15) is 16.7 Å². The third-order valence-electron chi connectivity index (χ3n) is 3.94. The molecule has 0 aliphatic carbocycles. The van der Waals surface area contributed by atoms with Crippen molar-refractivity contribution >= 4 is 23.6 Å². The van der Waals surface area contributed by atoms with Crippen molar-refractivity contribution in [3.63, 3.8) is 0 Å². The summed E-state index contributed by atoms with van der Waals surface area (Å²) in [5.41, 5.74) is 2.48. The van der Waals surface area contributed by atoms with Crippen LogP contribution in [0.2, 0.25) is 5.02 Å². The van der Waals surface area contributed by atoms with Crippen molar-refractivity contribution in [3.8, 4) is 5.75 Å². The van der Waals surface area contributed by atoms with Crippen molar-refractivity contribution in [2.45, 2.75) is 13.2 Å². The average Bonchev–Trinajstić information content (AvgIpc) is 2.72. The molecule has 3 nitrogen and oxygen atoms in total. The second-order valence-corrected chi connectivity index (χ2v) is 6.42. The lowest BCUT2D eigenvalue weighted by Crippen LogP contribution is -2.00. The fourth-order valence-corrected chi connectivity index (χ4v) is 2.59. The molecule has 28 heavy (non-hydrogen) atoms. The van der Waals surface area contributed by atoms with Crippen molar-refractivity contribution in [1.82, 2.24) is 0 Å². The van der Waals surface area contributed by atoms with Crippen LogP contribution in [-0.2, 0) is 22.7 Å². The van der Waals surface area contributed by atoms with Crippen LogP contribution < -0.4 is 4.74 Å². The van der Waals surface area contributed by atoms with Gasteiger partial charge >= 0.3 is 5.97 Å². The van der Waals surface area contributed by atoms with Crippen LogP contribution in [0.3, 0.4) is 0 Å². The van der Waals surface area contributed by atoms with Gasteiger partial charge in [0.15, 0.2) is 0 Å². The highest BCUT2D eigenvalue weighted by Gasteiger charge is 2.02. The summed E-state index contributed by atoms with van der Waals surface area (Å²) in [4.78, 5) is 11.8. The second-order valence-electron chi connectivity index (χ2n) is 6.02. The summed E-state index contributed by atoms with van der Waals surface area (Å²) in [7, 11) is 0. The van der Waals surface area contributed by atoms with Gasteiger partial charge < -0.3 is 9.47 Å². The molecule has 3 aromatic carbocycles. The molecule has 3 rings (SSSR count). The van der Waals surface area contributed by atoms with Crippen molar-refractivity contribution in [3.05, 3.63) is 106 Å². The normalized spacial score (nSPS) is 10.8. The minimum Gasteiger partial charge on any atom is -0.489 e. The Balaban J connectivity index is 1.48. The standard InChI is InChI=1S/C23H18ClFO3/c24-22-4-2-1-3-19(22)16-27-21-12-7-17(8-13-21)9-14-23(26)28-15-18-5-10-20(25)11-6-18/h1-14H,15-16H2/b14-9+. The third kappa shape index (κ3) is 5.96. The van der Waals surface area contributed by atoms with Crippen molar-refractivity contribution in [1.29, 1.82) is 0 Å². The lowest BCUT2D eigenvalue weighted by atomic mass is 10.2. The Hall–Kier alpha value is -3.11. The van der Waals surface area contributed by atoms with E-state index < -0.39 is 5.97 Å². The first-order chi connectivity index (χ1) is 13.6. The van der Waals surface area contributed by atoms with E-state index in [1.54, 1.807) is 18.2 Å². The van der Waals surface area contributed by atoms with E-state index in [9.17, 15) is 9.18 Å². The maximum Gasteiger partial charge on any atom is 0.331 e. The minimum absolute atomic E-state index is 0.0955. The molecule has 142 valence electrons. The predicted octanol–water partition coefficient (Wildman–Crippen LogP) is 5.81. The number of hydrogen-bond acceptors (Lipinski definition) is 3. The summed E-state index contributed by atoms with van der Waals surface area (Å²) >= 11 is 6.11. The van der Waals surface area contributed by atoms with Gasteiger partial charge in [0.2, 0.25) is 0 Å². The zero-order valence-corrected chi connectivity index (χ0v) is 15.7. The van der Waals surface area contributed by atoms with Crippen molar-refractivity contribution in [2.75, 3.05) is 0 Å². The first-order valence-electron chi connectivity index (χ1n) is 8.66. The molecule has 0 spiro atoms. The zero-order chi connectivity index (χ0) is 19.8. The molecule has 0 heterocycles. The molecule has 5 heteroatoms. The average molecular weight is 397 g/mol. The number of benzene rings is 3. The lowest BCUT2D eigenvalue weighted by Gasteiger charge is -2.07. The number of rotatable bonds is 7. The molecule has 0 fully saturated rings. The molecular formula is C23H18ClFO3. The number of ether oxygens (including phenoxy) is 2. The molecule has 0 N–H and O–H groups in total. The van der Waals surface area contributed by atoms with E-state index in [2.05, 4.69) is 0 Å². The highest BCUT2D eigenvalue weighted by molar-refractivity contribution is 6.31. The third-order valence-corrected chi connectivity index (χ3v) is 4.31. The first-order valence-corrected chi connectivity index (χ1v) is 9.03. The minimum atomic E-state index is -0.469. The zero-order valence-electron chi connectivity index (χ0n) is 15.0. The highest BCUT2D eigenvalue weighted by Crippen LogP contribution is 2.19. The highest BCUT2D eigenvalue weighted by atomic mass is 35.5. The number of esters is 1. The molecule has 0 aliphatic rings. The van der Waals surface area contributed by atoms with Crippen LogP contribution in [0.5, 0.6) is 5.75 Å². The van der Waals surface area contributed by atoms with Gasteiger partial charge in [0.1, 0.15) is 24.8 Å². The monoisotopic (exact) mass is 396 g/mol. The van der Waals surface area contributed by atoms with E-state index >= 15 is 0 Å². The largest absolute Gasteiger partial charge is 0.489 e. The molecule has 0 atom stereocenters. The summed E-state index contributed by atoms with van der Waals surface area (Å²) < 4.78 is 23.7. The maximum absolute atomic E-state index is 12.8. The Labute approximate surface area is 168 Å². The number of halogens is 2. The predicted molar refractivity (Wildman–Crippen MR) is 107 cm³/mol. The van der Waals surface area contributed by atoms with Gasteiger partial charge in [-0.2, -0.15) is 0 Å². The molecule has 0 aliphatic heterocycles. The summed E-state index contributed by atoms with van der Waals surface area (Å²) in [5.74, 6) is -0.0893. The van der Waals surface area contributed by atoms with Gasteiger partial charge in [0.05, 0.1) is 0 Å². The number of carbonyl (C=O) groups is 1. The van der Waals surface area contributed by atoms with Crippen LogP contribution >= 0.6 is 11.6 Å². The number of hydrogen-bond donors (Lipinski definition) is 0. The van der Waals surface area contributed by atoms with E-state index in [1.165, 1.54) is 18.2 Å². The quantitative estimate of drug-likeness (QED) is 0.373. The fourth-order valence-electron chi connectivity index (χ4n) is 2.40. The van der Waals surface area contributed by atoms with Crippen LogP contribution in [0.15, 0.2) is 78.9 Å². The van der Waals surface area contributed by atoms with Gasteiger partial charge in [-0.05, 0) is 47.5 Å². The topological polar surface area (TPSA) is 35.5 Å². The summed E-state index contributed by atoms with van der Waals surface area (Å²) in [6, 6.07) is 20.6. The van der Waals surface area contributed by atoms with Crippen LogP contribution in [-0.4, -0.2) is 5.97 Å². The van der Waals surface area contributed by atoms with Gasteiger partial charge in [0, 0.05) is 16.7 Å². The summed E-state index contributed by atoms with van der Waals surface area (Å²) in [6.07, 6.45) is 3.01. The smallest absolute Gasteiger partial charge is 0.331 e. The van der Waals surface area contributed by atoms with Gasteiger partial charge in [0.25, 0.3) is 0 Å². The van der Waals surface area contributed by atoms with Crippen LogP contribution in [0, 0.1) is 5.82 Å². The Morgan fingerprint density at radius 3 is 2.36 bits per heavy atom. The van der Waals surface area contributed by atoms with Gasteiger partial charge in [-0.25, -0.2) is 9.18 Å². The molecule has 0 saturated heterocycles. The Bertz CT molecular complexity index is 950. The van der Waals surface area contributed by atoms with E-state index in [4.69, 9.17) is 21.1 Å². The van der Waals surface area contributed by atoms with Gasteiger partial charge in [-0.3, -0.25) is 0 Å². The fraction of sp³-hybridized carbons (Fsp3) is 0.0870. The van der Waals surface area contributed by atoms with E-state index in [0.717, 1.165) is 16.7 Å². The van der Waals surface area contributed by atoms with Gasteiger partial charge in [-0.1, -0.05) is 54.1 Å². The molecular weight excluding hydrogens is 379 g/mol. The number of carbonyl (C=O) groups excluding carboxylic acids is 1. The molecule has 0 unspecified atom stereocenters. The first kappa shape index (κ1) is 19.6. The molecule has 0 radical (unpaired) electrons. The molecule has 3 aromatic rings. The van der Waals surface area contributed by atoms with Crippen molar-refractivity contribution in [2.24, 2.45) is 0 Å². The molecule has 0 bridgehead atoms. The van der Waals surface area contributed by atoms with Crippen LogP contribution in [0.25, 0.3) is 6.08 Å². The van der Waals surface area contributed by atoms with E-state index in [1.807, 2.05) is 48.5 Å². The SMILES string of the molecule is O=C(/C=C/c1ccc(OCc2ccccc2Cl)cc1)OCc1ccc(F)cc1.